The summed E-state index contributed by atoms with van der Waals surface area (Å²) in [6.07, 6.45) is 0.825. The first kappa shape index (κ1) is 22.5. The largest absolute Gasteiger partial charge is 0.497 e. The fourth-order valence-electron chi connectivity index (χ4n) is 3.45. The molecular formula is C24H30N2O5. The van der Waals surface area contributed by atoms with Crippen LogP contribution in [0.25, 0.3) is 0 Å². The van der Waals surface area contributed by atoms with Gasteiger partial charge in [0.15, 0.2) is 11.5 Å². The Bertz CT molecular complexity index is 928. The molecule has 0 fully saturated rings. The van der Waals surface area contributed by atoms with Crippen LogP contribution in [-0.2, 0) is 22.6 Å². The Kier molecular flexibility index (Phi) is 7.39. The van der Waals surface area contributed by atoms with E-state index < -0.39 is 6.04 Å². The van der Waals surface area contributed by atoms with Gasteiger partial charge in [-0.1, -0.05) is 18.2 Å². The molecule has 0 aliphatic carbocycles. The summed E-state index contributed by atoms with van der Waals surface area (Å²) in [5, 5.41) is 2.90. The summed E-state index contributed by atoms with van der Waals surface area (Å²) in [5.41, 5.74) is 1.89. The van der Waals surface area contributed by atoms with E-state index in [0.29, 0.717) is 30.2 Å². The number of methoxy groups -OCH3 is 1. The van der Waals surface area contributed by atoms with Crippen LogP contribution < -0.4 is 19.5 Å². The fourth-order valence-corrected chi connectivity index (χ4v) is 3.45. The van der Waals surface area contributed by atoms with Gasteiger partial charge in [-0.05, 0) is 62.6 Å². The van der Waals surface area contributed by atoms with Crippen molar-refractivity contribution >= 4 is 11.8 Å². The maximum atomic E-state index is 13.2. The molecule has 2 amide bonds. The minimum absolute atomic E-state index is 0.00245. The van der Waals surface area contributed by atoms with Crippen LogP contribution in [0.2, 0.25) is 0 Å². The van der Waals surface area contributed by atoms with Crippen LogP contribution in [0, 0.1) is 0 Å². The lowest BCUT2D eigenvalue weighted by Crippen LogP contribution is -2.49. The molecule has 166 valence electrons. The molecule has 1 N–H and O–H groups in total. The zero-order valence-electron chi connectivity index (χ0n) is 18.5. The number of amides is 2. The summed E-state index contributed by atoms with van der Waals surface area (Å²) in [5.74, 6) is 1.86. The van der Waals surface area contributed by atoms with E-state index >= 15 is 0 Å². The SMILES string of the molecule is COc1cccc(CN(C(=O)CCc2ccc3c(c2)OCO3)[C@H](C)C(=O)NC(C)C)c1. The molecule has 2 aromatic carbocycles. The number of hydrogen-bond donors (Lipinski definition) is 1. The molecule has 0 spiro atoms. The number of nitrogens with one attached hydrogen (secondary N) is 1. The molecule has 1 heterocycles. The van der Waals surface area contributed by atoms with Crippen molar-refractivity contribution in [2.24, 2.45) is 0 Å². The van der Waals surface area contributed by atoms with Crippen molar-refractivity contribution < 1.29 is 23.8 Å². The minimum atomic E-state index is -0.599. The fraction of sp³-hybridized carbons (Fsp3) is 0.417. The first-order valence-corrected chi connectivity index (χ1v) is 10.5. The second-order valence-electron chi connectivity index (χ2n) is 7.90. The van der Waals surface area contributed by atoms with Gasteiger partial charge in [0.2, 0.25) is 18.6 Å². The third-order valence-electron chi connectivity index (χ3n) is 5.15. The smallest absolute Gasteiger partial charge is 0.242 e. The average molecular weight is 427 g/mol. The van der Waals surface area contributed by atoms with Crippen LogP contribution in [-0.4, -0.2) is 42.7 Å². The number of nitrogens with zero attached hydrogens (tertiary/aromatic N) is 1. The van der Waals surface area contributed by atoms with Crippen molar-refractivity contribution in [2.45, 2.75) is 52.2 Å². The van der Waals surface area contributed by atoms with Gasteiger partial charge in [-0.25, -0.2) is 0 Å². The molecule has 0 radical (unpaired) electrons. The highest BCUT2D eigenvalue weighted by molar-refractivity contribution is 5.87. The number of carbonyl (C=O) groups is 2. The van der Waals surface area contributed by atoms with E-state index in [4.69, 9.17) is 14.2 Å². The molecule has 2 aromatic rings. The van der Waals surface area contributed by atoms with Crippen molar-refractivity contribution in [2.75, 3.05) is 13.9 Å². The highest BCUT2D eigenvalue weighted by Crippen LogP contribution is 2.32. The number of carbonyl (C=O) groups excluding carboxylic acids is 2. The van der Waals surface area contributed by atoms with E-state index in [-0.39, 0.29) is 31.1 Å². The van der Waals surface area contributed by atoms with Crippen molar-refractivity contribution in [1.82, 2.24) is 10.2 Å². The molecule has 0 bridgehead atoms. The molecule has 0 saturated heterocycles. The number of rotatable bonds is 9. The zero-order chi connectivity index (χ0) is 22.4. The third-order valence-corrected chi connectivity index (χ3v) is 5.15. The normalized spacial score (nSPS) is 13.1. The maximum Gasteiger partial charge on any atom is 0.242 e. The first-order valence-electron chi connectivity index (χ1n) is 10.5. The first-order chi connectivity index (χ1) is 14.9. The Morgan fingerprint density at radius 3 is 2.58 bits per heavy atom. The standard InChI is InChI=1S/C24H30N2O5/c1-16(2)25-24(28)17(3)26(14-19-6-5-7-20(12-19)29-4)23(27)11-9-18-8-10-21-22(13-18)31-15-30-21/h5-8,10,12-13,16-17H,9,11,14-15H2,1-4H3,(H,25,28)/t17-/m1/s1. The minimum Gasteiger partial charge on any atom is -0.497 e. The van der Waals surface area contributed by atoms with Crippen molar-refractivity contribution in [1.29, 1.82) is 0 Å². The highest BCUT2D eigenvalue weighted by Gasteiger charge is 2.26. The number of aryl methyl sites for hydroxylation is 1. The predicted octanol–water partition coefficient (Wildman–Crippen LogP) is 3.30. The predicted molar refractivity (Wildman–Crippen MR) is 117 cm³/mol. The summed E-state index contributed by atoms with van der Waals surface area (Å²) in [6, 6.07) is 12.6. The summed E-state index contributed by atoms with van der Waals surface area (Å²) < 4.78 is 16.1. The molecular weight excluding hydrogens is 396 g/mol. The average Bonchev–Trinajstić information content (AvgIpc) is 3.23. The lowest BCUT2D eigenvalue weighted by molar-refractivity contribution is -0.140. The number of benzene rings is 2. The molecule has 1 atom stereocenters. The molecule has 31 heavy (non-hydrogen) atoms. The van der Waals surface area contributed by atoms with Crippen LogP contribution in [0.3, 0.4) is 0 Å². The van der Waals surface area contributed by atoms with E-state index in [0.717, 1.165) is 11.1 Å². The van der Waals surface area contributed by atoms with E-state index in [1.165, 1.54) is 0 Å². The molecule has 7 heteroatoms. The molecule has 7 nitrogen and oxygen atoms in total. The lowest BCUT2D eigenvalue weighted by Gasteiger charge is -2.29. The Morgan fingerprint density at radius 1 is 1.06 bits per heavy atom. The van der Waals surface area contributed by atoms with Gasteiger partial charge in [-0.3, -0.25) is 9.59 Å². The highest BCUT2D eigenvalue weighted by atomic mass is 16.7. The third kappa shape index (κ3) is 5.90. The van der Waals surface area contributed by atoms with Crippen LogP contribution in [0.15, 0.2) is 42.5 Å². The van der Waals surface area contributed by atoms with Gasteiger partial charge in [0, 0.05) is 19.0 Å². The van der Waals surface area contributed by atoms with Crippen LogP contribution in [0.1, 0.15) is 38.3 Å². The number of ether oxygens (including phenoxy) is 3. The van der Waals surface area contributed by atoms with Crippen molar-refractivity contribution in [3.8, 4) is 17.2 Å². The van der Waals surface area contributed by atoms with Gasteiger partial charge in [0.25, 0.3) is 0 Å². The Hall–Kier alpha value is -3.22. The van der Waals surface area contributed by atoms with Crippen LogP contribution >= 0.6 is 0 Å². The van der Waals surface area contributed by atoms with Gasteiger partial charge in [-0.2, -0.15) is 0 Å². The molecule has 1 aliphatic rings. The van der Waals surface area contributed by atoms with Gasteiger partial charge in [-0.15, -0.1) is 0 Å². The summed E-state index contributed by atoms with van der Waals surface area (Å²) in [6.45, 7) is 6.10. The van der Waals surface area contributed by atoms with Crippen LogP contribution in [0.5, 0.6) is 17.2 Å². The number of fused-ring (bicyclic) bond motifs is 1. The summed E-state index contributed by atoms with van der Waals surface area (Å²) in [7, 11) is 1.60. The van der Waals surface area contributed by atoms with E-state index in [9.17, 15) is 9.59 Å². The molecule has 0 unspecified atom stereocenters. The zero-order valence-corrected chi connectivity index (χ0v) is 18.5. The van der Waals surface area contributed by atoms with E-state index in [1.54, 1.807) is 18.9 Å². The molecule has 0 saturated carbocycles. The Labute approximate surface area is 183 Å². The van der Waals surface area contributed by atoms with Gasteiger partial charge < -0.3 is 24.4 Å². The molecule has 1 aliphatic heterocycles. The second-order valence-corrected chi connectivity index (χ2v) is 7.90. The quantitative estimate of drug-likeness (QED) is 0.666. The maximum absolute atomic E-state index is 13.2. The Balaban J connectivity index is 1.73. The van der Waals surface area contributed by atoms with Gasteiger partial charge in [0.1, 0.15) is 11.8 Å². The summed E-state index contributed by atoms with van der Waals surface area (Å²) in [4.78, 5) is 27.5. The van der Waals surface area contributed by atoms with Gasteiger partial charge >= 0.3 is 0 Å². The molecule has 0 aromatic heterocycles. The molecule has 3 rings (SSSR count). The Morgan fingerprint density at radius 2 is 1.84 bits per heavy atom. The second kappa shape index (κ2) is 10.2. The van der Waals surface area contributed by atoms with Gasteiger partial charge in [0.05, 0.1) is 7.11 Å². The van der Waals surface area contributed by atoms with Crippen molar-refractivity contribution in [3.63, 3.8) is 0 Å². The number of hydrogen-bond acceptors (Lipinski definition) is 5. The lowest BCUT2D eigenvalue weighted by atomic mass is 10.1. The van der Waals surface area contributed by atoms with E-state index in [2.05, 4.69) is 5.32 Å². The topological polar surface area (TPSA) is 77.1 Å². The van der Waals surface area contributed by atoms with Crippen LogP contribution in [0.4, 0.5) is 0 Å². The monoisotopic (exact) mass is 426 g/mol. The summed E-state index contributed by atoms with van der Waals surface area (Å²) >= 11 is 0. The van der Waals surface area contributed by atoms with E-state index in [1.807, 2.05) is 56.3 Å². The van der Waals surface area contributed by atoms with Crippen molar-refractivity contribution in [3.05, 3.63) is 53.6 Å².